The number of aliphatic hydroxyl groups excluding tert-OH is 1. The fraction of sp³-hybridized carbons (Fsp3) is 0.514. The van der Waals surface area contributed by atoms with Gasteiger partial charge in [-0.25, -0.2) is 4.79 Å². The first kappa shape index (κ1) is 33.8. The summed E-state index contributed by atoms with van der Waals surface area (Å²) in [6, 6.07) is 9.15. The molecular weight excluding hydrogens is 580 g/mol. The van der Waals surface area contributed by atoms with Crippen LogP contribution in [0.5, 0.6) is 0 Å². The number of benzene rings is 1. The lowest BCUT2D eigenvalue weighted by molar-refractivity contribution is -0.224. The third kappa shape index (κ3) is 6.38. The normalized spacial score (nSPS) is 32.6. The summed E-state index contributed by atoms with van der Waals surface area (Å²) in [5, 5.41) is 12.1. The average molecular weight is 623 g/mol. The number of allylic oxidation sites excluding steroid dienone is 1. The Labute approximate surface area is 263 Å². The summed E-state index contributed by atoms with van der Waals surface area (Å²) in [6.45, 7) is 15.0. The summed E-state index contributed by atoms with van der Waals surface area (Å²) >= 11 is 0. The smallest absolute Gasteiger partial charge is 0.331 e. The second-order valence-electron chi connectivity index (χ2n) is 13.0. The molecule has 0 spiro atoms. The lowest BCUT2D eigenvalue weighted by atomic mass is 9.48. The van der Waals surface area contributed by atoms with Crippen LogP contribution in [-0.4, -0.2) is 65.3 Å². The first-order chi connectivity index (χ1) is 21.0. The maximum absolute atomic E-state index is 13.4. The van der Waals surface area contributed by atoms with Crippen LogP contribution in [0.25, 0.3) is 6.08 Å². The highest BCUT2D eigenvalue weighted by atomic mass is 16.6. The van der Waals surface area contributed by atoms with Crippen molar-refractivity contribution < 1.29 is 48.0 Å². The standard InChI is InChI=1S/C35H42O10/c1-18-25(39)16-24-32(43-21(4)37)30-19(2)26(45-28(40)15-14-23-12-10-9-11-13-23)17-27(42-20(3)36)35(30,8)33(44-22(5)38)31(41)29(18)34(24,6)7/h9-15,24,26-27,30-33,41H,2,16-17H2,1,3-8H3/b15-14+/t24?,26-,27-,30-,31+,32+,33-,35+/m0/s1. The molecule has 0 radical (unpaired) electrons. The van der Waals surface area contributed by atoms with Gasteiger partial charge in [-0.2, -0.15) is 0 Å². The molecule has 10 nitrogen and oxygen atoms in total. The summed E-state index contributed by atoms with van der Waals surface area (Å²) in [7, 11) is 0. The van der Waals surface area contributed by atoms with E-state index < -0.39 is 77.1 Å². The maximum Gasteiger partial charge on any atom is 0.331 e. The van der Waals surface area contributed by atoms with E-state index in [0.29, 0.717) is 16.7 Å². The molecule has 10 heteroatoms. The van der Waals surface area contributed by atoms with E-state index >= 15 is 0 Å². The van der Waals surface area contributed by atoms with Gasteiger partial charge in [0.25, 0.3) is 0 Å². The van der Waals surface area contributed by atoms with Gasteiger partial charge in [0, 0.05) is 51.5 Å². The van der Waals surface area contributed by atoms with Gasteiger partial charge in [0.15, 0.2) is 5.78 Å². The largest absolute Gasteiger partial charge is 0.462 e. The number of Topliss-reactive ketones (excluding diaryl/α,β-unsaturated/α-hetero) is 1. The minimum absolute atomic E-state index is 0.00636. The van der Waals surface area contributed by atoms with Gasteiger partial charge in [0.1, 0.15) is 30.5 Å². The number of esters is 4. The number of ether oxygens (including phenoxy) is 4. The van der Waals surface area contributed by atoms with Crippen molar-refractivity contribution in [1.82, 2.24) is 0 Å². The van der Waals surface area contributed by atoms with Crippen LogP contribution >= 0.6 is 0 Å². The Bertz CT molecular complexity index is 1450. The minimum Gasteiger partial charge on any atom is -0.462 e. The van der Waals surface area contributed by atoms with Crippen molar-refractivity contribution in [3.05, 3.63) is 65.3 Å². The minimum atomic E-state index is -1.49. The molecule has 0 heterocycles. The van der Waals surface area contributed by atoms with Gasteiger partial charge in [-0.05, 0) is 40.7 Å². The molecule has 2 bridgehead atoms. The van der Waals surface area contributed by atoms with Crippen LogP contribution in [0, 0.1) is 22.7 Å². The molecule has 3 aliphatic carbocycles. The van der Waals surface area contributed by atoms with Crippen molar-refractivity contribution in [2.75, 3.05) is 0 Å². The Morgan fingerprint density at radius 2 is 1.53 bits per heavy atom. The molecule has 1 aromatic carbocycles. The van der Waals surface area contributed by atoms with Gasteiger partial charge in [-0.1, -0.05) is 57.7 Å². The van der Waals surface area contributed by atoms with Crippen molar-refractivity contribution in [1.29, 1.82) is 0 Å². The Hall–Kier alpha value is -4.05. The van der Waals surface area contributed by atoms with Gasteiger partial charge in [-0.3, -0.25) is 19.2 Å². The number of hydrogen-bond donors (Lipinski definition) is 1. The third-order valence-corrected chi connectivity index (χ3v) is 9.75. The predicted octanol–water partition coefficient (Wildman–Crippen LogP) is 4.30. The zero-order valence-corrected chi connectivity index (χ0v) is 26.8. The summed E-state index contributed by atoms with van der Waals surface area (Å²) in [5.74, 6) is -4.60. The molecule has 0 amide bonds. The van der Waals surface area contributed by atoms with Crippen molar-refractivity contribution in [2.24, 2.45) is 22.7 Å². The number of fused-ring (bicyclic) bond motifs is 3. The van der Waals surface area contributed by atoms with Crippen molar-refractivity contribution >= 4 is 35.7 Å². The number of carbonyl (C=O) groups excluding carboxylic acids is 5. The lowest BCUT2D eigenvalue weighted by Gasteiger charge is -2.60. The first-order valence-electron chi connectivity index (χ1n) is 15.1. The molecule has 45 heavy (non-hydrogen) atoms. The highest BCUT2D eigenvalue weighted by Gasteiger charge is 2.67. The van der Waals surface area contributed by atoms with Gasteiger partial charge in [0.2, 0.25) is 0 Å². The third-order valence-electron chi connectivity index (χ3n) is 9.75. The van der Waals surface area contributed by atoms with Crippen LogP contribution in [-0.2, 0) is 42.9 Å². The average Bonchev–Trinajstić information content (AvgIpc) is 2.94. The molecule has 3 aliphatic rings. The predicted molar refractivity (Wildman–Crippen MR) is 163 cm³/mol. The van der Waals surface area contributed by atoms with Crippen LogP contribution in [0.2, 0.25) is 0 Å². The Kier molecular flexibility index (Phi) is 9.59. The highest BCUT2D eigenvalue weighted by Crippen LogP contribution is 2.60. The number of rotatable bonds is 6. The van der Waals surface area contributed by atoms with Gasteiger partial charge >= 0.3 is 23.9 Å². The zero-order valence-electron chi connectivity index (χ0n) is 26.8. The molecule has 1 unspecified atom stereocenters. The van der Waals surface area contributed by atoms with Crippen LogP contribution in [0.3, 0.4) is 0 Å². The molecule has 4 rings (SSSR count). The van der Waals surface area contributed by atoms with E-state index in [1.54, 1.807) is 19.9 Å². The summed E-state index contributed by atoms with van der Waals surface area (Å²) < 4.78 is 23.7. The van der Waals surface area contributed by atoms with Gasteiger partial charge in [0.05, 0.1) is 5.41 Å². The van der Waals surface area contributed by atoms with Crippen molar-refractivity contribution in [3.8, 4) is 0 Å². The van der Waals surface area contributed by atoms with Crippen LogP contribution < -0.4 is 0 Å². The molecule has 8 atom stereocenters. The second kappa shape index (κ2) is 12.7. The van der Waals surface area contributed by atoms with E-state index in [-0.39, 0.29) is 18.6 Å². The van der Waals surface area contributed by atoms with Crippen molar-refractivity contribution in [2.45, 2.75) is 91.8 Å². The Balaban J connectivity index is 1.92. The second-order valence-corrected chi connectivity index (χ2v) is 13.0. The molecule has 2 fully saturated rings. The van der Waals surface area contributed by atoms with Gasteiger partial charge < -0.3 is 24.1 Å². The molecule has 2 saturated carbocycles. The molecule has 0 saturated heterocycles. The van der Waals surface area contributed by atoms with E-state index in [1.165, 1.54) is 26.8 Å². The lowest BCUT2D eigenvalue weighted by Crippen LogP contribution is -2.67. The SMILES string of the molecule is C=C1[C@@H](OC(=O)/C=C/c2ccccc2)C[C@H](OC(C)=O)[C@@]2(C)[C@@H](OC(C)=O)[C@H](O)C3=C(C)C(=O)CC([C@@H](OC(C)=O)[C@H]12)C3(C)C. The molecule has 242 valence electrons. The molecular formula is C35H42O10. The number of aliphatic hydroxyl groups is 1. The zero-order chi connectivity index (χ0) is 33.4. The van der Waals surface area contributed by atoms with E-state index in [4.69, 9.17) is 18.9 Å². The maximum atomic E-state index is 13.4. The molecule has 1 aromatic rings. The van der Waals surface area contributed by atoms with Crippen LogP contribution in [0.4, 0.5) is 0 Å². The van der Waals surface area contributed by atoms with E-state index in [0.717, 1.165) is 5.56 Å². The fourth-order valence-corrected chi connectivity index (χ4v) is 7.74. The van der Waals surface area contributed by atoms with Gasteiger partial charge in [-0.15, -0.1) is 0 Å². The quantitative estimate of drug-likeness (QED) is 0.211. The van der Waals surface area contributed by atoms with E-state index in [2.05, 4.69) is 6.58 Å². The fourth-order valence-electron chi connectivity index (χ4n) is 7.74. The van der Waals surface area contributed by atoms with E-state index in [9.17, 15) is 29.1 Å². The van der Waals surface area contributed by atoms with Crippen molar-refractivity contribution in [3.63, 3.8) is 0 Å². The molecule has 0 aromatic heterocycles. The van der Waals surface area contributed by atoms with Crippen LogP contribution in [0.15, 0.2) is 59.7 Å². The van der Waals surface area contributed by atoms with Crippen LogP contribution in [0.1, 0.15) is 66.9 Å². The monoisotopic (exact) mass is 622 g/mol. The Morgan fingerprint density at radius 3 is 2.11 bits per heavy atom. The summed E-state index contributed by atoms with van der Waals surface area (Å²) in [6.07, 6.45) is -3.25. The first-order valence-corrected chi connectivity index (χ1v) is 15.1. The summed E-state index contributed by atoms with van der Waals surface area (Å²) in [4.78, 5) is 64.4. The summed E-state index contributed by atoms with van der Waals surface area (Å²) in [5.41, 5.74) is -0.581. The highest BCUT2D eigenvalue weighted by molar-refractivity contribution is 5.97. The number of ketones is 1. The molecule has 0 aliphatic heterocycles. The Morgan fingerprint density at radius 1 is 0.933 bits per heavy atom. The topological polar surface area (TPSA) is 143 Å². The number of hydrogen-bond acceptors (Lipinski definition) is 10. The molecule has 1 N–H and O–H groups in total. The number of carbonyl (C=O) groups is 5. The van der Waals surface area contributed by atoms with E-state index in [1.807, 2.05) is 44.2 Å².